The fourth-order valence-electron chi connectivity index (χ4n) is 6.37. The van der Waals surface area contributed by atoms with E-state index in [9.17, 15) is 14.3 Å². The lowest BCUT2D eigenvalue weighted by atomic mass is 9.99. The zero-order chi connectivity index (χ0) is 28.0. The van der Waals surface area contributed by atoms with Gasteiger partial charge in [0.25, 0.3) is 5.91 Å². The molecule has 2 aromatic carbocycles. The highest BCUT2D eigenvalue weighted by atomic mass is 19.1. The van der Waals surface area contributed by atoms with E-state index in [1.807, 2.05) is 6.92 Å². The van der Waals surface area contributed by atoms with Gasteiger partial charge in [-0.05, 0) is 55.3 Å². The number of aryl methyl sites for hydroxylation is 1. The average Bonchev–Trinajstić information content (AvgIpc) is 3.29. The van der Waals surface area contributed by atoms with Crippen LogP contribution in [-0.4, -0.2) is 78.4 Å². The molecule has 2 atom stereocenters. The number of halogens is 1. The van der Waals surface area contributed by atoms with Crippen molar-refractivity contribution in [3.8, 4) is 11.8 Å². The second-order valence-electron chi connectivity index (χ2n) is 11.2. The molecule has 1 amide bonds. The van der Waals surface area contributed by atoms with Gasteiger partial charge in [0.05, 0.1) is 24.5 Å². The van der Waals surface area contributed by atoms with Gasteiger partial charge in [0.2, 0.25) is 0 Å². The van der Waals surface area contributed by atoms with Crippen molar-refractivity contribution in [2.45, 2.75) is 45.7 Å². The predicted octanol–water partition coefficient (Wildman–Crippen LogP) is 4.14. The Kier molecular flexibility index (Phi) is 7.22. The first-order chi connectivity index (χ1) is 19.3. The van der Waals surface area contributed by atoms with E-state index in [4.69, 9.17) is 19.4 Å². The summed E-state index contributed by atoms with van der Waals surface area (Å²) in [7, 11) is 2.10. The van der Waals surface area contributed by atoms with Crippen LogP contribution in [0.15, 0.2) is 24.3 Å². The quantitative estimate of drug-likeness (QED) is 0.491. The van der Waals surface area contributed by atoms with Gasteiger partial charge in [-0.2, -0.15) is 9.97 Å². The lowest BCUT2D eigenvalue weighted by Gasteiger charge is -2.24. The summed E-state index contributed by atoms with van der Waals surface area (Å²) in [6.45, 7) is 8.26. The number of hydrogen-bond acceptors (Lipinski definition) is 8. The van der Waals surface area contributed by atoms with Gasteiger partial charge in [-0.3, -0.25) is 9.69 Å². The number of ether oxygens (including phenoxy) is 2. The molecule has 212 valence electrons. The van der Waals surface area contributed by atoms with Gasteiger partial charge >= 0.3 is 6.01 Å². The number of aromatic nitrogens is 2. The van der Waals surface area contributed by atoms with Gasteiger partial charge in [-0.15, -0.1) is 0 Å². The van der Waals surface area contributed by atoms with E-state index in [0.717, 1.165) is 19.4 Å². The Morgan fingerprint density at radius 2 is 2.05 bits per heavy atom. The van der Waals surface area contributed by atoms with Crippen molar-refractivity contribution >= 4 is 28.2 Å². The van der Waals surface area contributed by atoms with Gasteiger partial charge < -0.3 is 24.4 Å². The van der Waals surface area contributed by atoms with Crippen molar-refractivity contribution in [2.75, 3.05) is 56.3 Å². The molecule has 1 aromatic heterocycles. The monoisotopic (exact) mass is 549 g/mol. The summed E-state index contributed by atoms with van der Waals surface area (Å²) in [4.78, 5) is 29.6. The van der Waals surface area contributed by atoms with Gasteiger partial charge in [0.1, 0.15) is 29.6 Å². The van der Waals surface area contributed by atoms with E-state index in [0.29, 0.717) is 84.3 Å². The number of carbonyl (C=O) groups is 1. The number of rotatable bonds is 6. The number of carbonyl (C=O) groups excluding carboxylic acids is 1. The number of aromatic hydroxyl groups is 1. The molecule has 0 bridgehead atoms. The number of phenols is 1. The minimum Gasteiger partial charge on any atom is -0.508 e. The maximum atomic E-state index is 14.9. The van der Waals surface area contributed by atoms with Gasteiger partial charge in [0.15, 0.2) is 0 Å². The summed E-state index contributed by atoms with van der Waals surface area (Å²) < 4.78 is 26.7. The van der Waals surface area contributed by atoms with Crippen LogP contribution in [0.1, 0.15) is 48.3 Å². The number of amides is 1. The number of phenolic OH excluding ortho intramolecular Hbond substituents is 1. The molecular formula is C30H36FN5O4. The Bertz CT molecular complexity index is 1440. The zero-order valence-electron chi connectivity index (χ0n) is 23.3. The molecule has 0 unspecified atom stereocenters. The molecule has 1 N–H and O–H groups in total. The highest BCUT2D eigenvalue weighted by Gasteiger charge is 2.38. The minimum atomic E-state index is -0.335. The standard InChI is InChI=1S/C30H36FN5O4/c1-4-22-23(31)7-6-19-13-21(37)14-25(26(19)22)36-16-24-27(29(36)38)28(35-8-5-10-39-11-9-35)33-30(32-24)40-17-20-12-18(2)15-34(20)3/h6-7,13-14,18,20,37H,4-5,8-12,15-17H2,1-3H3/t18-,20+/m1/s1. The Labute approximate surface area is 233 Å². The van der Waals surface area contributed by atoms with Crippen molar-refractivity contribution in [2.24, 2.45) is 5.92 Å². The summed E-state index contributed by atoms with van der Waals surface area (Å²) in [6.07, 6.45) is 2.31. The molecule has 2 fully saturated rings. The van der Waals surface area contributed by atoms with E-state index < -0.39 is 0 Å². The fourth-order valence-corrected chi connectivity index (χ4v) is 6.37. The molecule has 9 nitrogen and oxygen atoms in total. The number of fused-ring (bicyclic) bond motifs is 2. The second-order valence-corrected chi connectivity index (χ2v) is 11.2. The summed E-state index contributed by atoms with van der Waals surface area (Å²) in [5.41, 5.74) is 1.95. The number of nitrogens with zero attached hydrogens (tertiary/aromatic N) is 5. The van der Waals surface area contributed by atoms with E-state index >= 15 is 0 Å². The smallest absolute Gasteiger partial charge is 0.318 e. The van der Waals surface area contributed by atoms with Crippen molar-refractivity contribution in [3.05, 3.63) is 46.9 Å². The van der Waals surface area contributed by atoms with Gasteiger partial charge in [-0.25, -0.2) is 4.39 Å². The number of likely N-dealkylation sites (tertiary alicyclic amines) is 1. The molecule has 4 heterocycles. The lowest BCUT2D eigenvalue weighted by Crippen LogP contribution is -2.32. The van der Waals surface area contributed by atoms with Crippen LogP contribution in [0.5, 0.6) is 11.8 Å². The molecule has 40 heavy (non-hydrogen) atoms. The highest BCUT2D eigenvalue weighted by molar-refractivity contribution is 6.16. The van der Waals surface area contributed by atoms with Crippen LogP contribution in [0.4, 0.5) is 15.9 Å². The summed E-state index contributed by atoms with van der Waals surface area (Å²) in [6, 6.07) is 6.70. The van der Waals surface area contributed by atoms with Crippen LogP contribution in [0.3, 0.4) is 0 Å². The topological polar surface area (TPSA) is 91.3 Å². The van der Waals surface area contributed by atoms with Crippen LogP contribution in [0.2, 0.25) is 0 Å². The van der Waals surface area contributed by atoms with Crippen LogP contribution < -0.4 is 14.5 Å². The summed E-state index contributed by atoms with van der Waals surface area (Å²) >= 11 is 0. The maximum absolute atomic E-state index is 14.9. The third-order valence-electron chi connectivity index (χ3n) is 8.31. The predicted molar refractivity (Wildman–Crippen MR) is 151 cm³/mol. The van der Waals surface area contributed by atoms with Crippen molar-refractivity contribution < 1.29 is 23.8 Å². The van der Waals surface area contributed by atoms with E-state index in [1.54, 1.807) is 17.0 Å². The van der Waals surface area contributed by atoms with Crippen molar-refractivity contribution in [1.29, 1.82) is 0 Å². The Balaban J connectivity index is 1.41. The Hall–Kier alpha value is -3.50. The maximum Gasteiger partial charge on any atom is 0.318 e. The number of anilines is 2. The SMILES string of the molecule is CCc1c(F)ccc2cc(O)cc(N3Cc4nc(OC[C@@H]5C[C@@H](C)CN5C)nc(N5CCCOCC5)c4C3=O)c12. The summed E-state index contributed by atoms with van der Waals surface area (Å²) in [5, 5.41) is 11.8. The second kappa shape index (κ2) is 10.8. The molecular weight excluding hydrogens is 513 g/mol. The van der Waals surface area contributed by atoms with Crippen LogP contribution >= 0.6 is 0 Å². The molecule has 3 aromatic rings. The van der Waals surface area contributed by atoms with Crippen LogP contribution in [-0.2, 0) is 17.7 Å². The number of hydrogen-bond donors (Lipinski definition) is 1. The van der Waals surface area contributed by atoms with Gasteiger partial charge in [-0.1, -0.05) is 19.9 Å². The molecule has 10 heteroatoms. The normalized spacial score (nSPS) is 21.8. The lowest BCUT2D eigenvalue weighted by molar-refractivity contribution is 0.0997. The molecule has 3 aliphatic rings. The Morgan fingerprint density at radius 3 is 2.83 bits per heavy atom. The third-order valence-corrected chi connectivity index (χ3v) is 8.31. The van der Waals surface area contributed by atoms with E-state index in [1.165, 1.54) is 12.1 Å². The first kappa shape index (κ1) is 26.7. The molecule has 3 aliphatic heterocycles. The fraction of sp³-hybridized carbons (Fsp3) is 0.500. The highest BCUT2D eigenvalue weighted by Crippen LogP contribution is 2.41. The number of benzene rings is 2. The Morgan fingerprint density at radius 1 is 1.20 bits per heavy atom. The molecule has 6 rings (SSSR count). The first-order valence-corrected chi connectivity index (χ1v) is 14.2. The summed E-state index contributed by atoms with van der Waals surface area (Å²) in [5.74, 6) is 0.544. The number of likely N-dealkylation sites (N-methyl/N-ethyl adjacent to an activating group) is 1. The van der Waals surface area contributed by atoms with E-state index in [2.05, 4.69) is 23.8 Å². The molecule has 0 saturated carbocycles. The van der Waals surface area contributed by atoms with Crippen molar-refractivity contribution in [3.63, 3.8) is 0 Å². The van der Waals surface area contributed by atoms with Crippen LogP contribution in [0, 0.1) is 11.7 Å². The van der Waals surface area contributed by atoms with E-state index in [-0.39, 0.29) is 36.1 Å². The molecule has 0 radical (unpaired) electrons. The third kappa shape index (κ3) is 4.83. The largest absolute Gasteiger partial charge is 0.508 e. The van der Waals surface area contributed by atoms with Gasteiger partial charge in [0, 0.05) is 43.7 Å². The minimum absolute atomic E-state index is 0.00910. The van der Waals surface area contributed by atoms with Crippen molar-refractivity contribution in [1.82, 2.24) is 14.9 Å². The molecule has 2 saturated heterocycles. The van der Waals surface area contributed by atoms with Crippen LogP contribution in [0.25, 0.3) is 10.8 Å². The molecule has 0 aliphatic carbocycles. The molecule has 0 spiro atoms. The first-order valence-electron chi connectivity index (χ1n) is 14.2. The average molecular weight is 550 g/mol. The zero-order valence-corrected chi connectivity index (χ0v) is 23.3.